The third-order valence-electron chi connectivity index (χ3n) is 3.12. The number of hydrogen-bond acceptors (Lipinski definition) is 4. The lowest BCUT2D eigenvalue weighted by Crippen LogP contribution is -2.31. The molecule has 2 heterocycles. The van der Waals surface area contributed by atoms with E-state index in [0.29, 0.717) is 11.5 Å². The molecule has 1 atom stereocenters. The maximum Gasteiger partial charge on any atom is 0.101 e. The predicted molar refractivity (Wildman–Crippen MR) is 65.8 cm³/mol. The molecule has 1 saturated heterocycles. The maximum absolute atomic E-state index is 9.04. The van der Waals surface area contributed by atoms with Gasteiger partial charge in [0.05, 0.1) is 24.1 Å². The van der Waals surface area contributed by atoms with Gasteiger partial charge in [-0.3, -0.25) is 4.98 Å². The molecule has 1 aliphatic rings. The molecule has 1 aromatic heterocycles. The van der Waals surface area contributed by atoms with Gasteiger partial charge in [0.2, 0.25) is 0 Å². The molecule has 0 amide bonds. The predicted octanol–water partition coefficient (Wildman–Crippen LogP) is 1.82. The average Bonchev–Trinajstić information content (AvgIpc) is 2.40. The van der Waals surface area contributed by atoms with Crippen LogP contribution in [0.1, 0.15) is 18.4 Å². The van der Waals surface area contributed by atoms with E-state index in [1.807, 2.05) is 7.05 Å². The van der Waals surface area contributed by atoms with E-state index < -0.39 is 0 Å². The summed E-state index contributed by atoms with van der Waals surface area (Å²) in [6.45, 7) is 2.63. The summed E-state index contributed by atoms with van der Waals surface area (Å²) in [5.74, 6) is 0.556. The van der Waals surface area contributed by atoms with Crippen LogP contribution in [0.2, 0.25) is 0 Å². The molecule has 0 N–H and O–H groups in total. The van der Waals surface area contributed by atoms with Crippen molar-refractivity contribution in [2.24, 2.45) is 5.92 Å². The van der Waals surface area contributed by atoms with Crippen molar-refractivity contribution in [1.82, 2.24) is 4.98 Å². The highest BCUT2D eigenvalue weighted by Gasteiger charge is 2.17. The lowest BCUT2D eigenvalue weighted by atomic mass is 10.0. The maximum atomic E-state index is 9.04. The SMILES string of the molecule is CN(CC1CCCOC1)c1cnccc1C#N. The van der Waals surface area contributed by atoms with Crippen LogP contribution in [0.5, 0.6) is 0 Å². The van der Waals surface area contributed by atoms with Gasteiger partial charge >= 0.3 is 0 Å². The monoisotopic (exact) mass is 231 g/mol. The van der Waals surface area contributed by atoms with Gasteiger partial charge in [-0.05, 0) is 24.8 Å². The Balaban J connectivity index is 2.03. The Hall–Kier alpha value is -1.60. The molecule has 1 unspecified atom stereocenters. The molecule has 4 heteroatoms. The van der Waals surface area contributed by atoms with Crippen LogP contribution in [0.15, 0.2) is 18.5 Å². The molecule has 0 bridgehead atoms. The molecule has 2 rings (SSSR count). The van der Waals surface area contributed by atoms with E-state index in [2.05, 4.69) is 16.0 Å². The fourth-order valence-corrected chi connectivity index (χ4v) is 2.22. The summed E-state index contributed by atoms with van der Waals surface area (Å²) in [5, 5.41) is 9.04. The van der Waals surface area contributed by atoms with Gasteiger partial charge in [-0.2, -0.15) is 5.26 Å². The number of nitriles is 1. The van der Waals surface area contributed by atoms with E-state index in [0.717, 1.165) is 31.9 Å². The van der Waals surface area contributed by atoms with Crippen LogP contribution in [0.3, 0.4) is 0 Å². The summed E-state index contributed by atoms with van der Waals surface area (Å²) in [4.78, 5) is 6.19. The fraction of sp³-hybridized carbons (Fsp3) is 0.538. The highest BCUT2D eigenvalue weighted by atomic mass is 16.5. The van der Waals surface area contributed by atoms with Crippen molar-refractivity contribution in [1.29, 1.82) is 5.26 Å². The van der Waals surface area contributed by atoms with E-state index in [4.69, 9.17) is 10.00 Å². The second-order valence-corrected chi connectivity index (χ2v) is 4.47. The Morgan fingerprint density at radius 3 is 3.24 bits per heavy atom. The minimum absolute atomic E-state index is 0.556. The van der Waals surface area contributed by atoms with Gasteiger partial charge in [0.1, 0.15) is 6.07 Å². The van der Waals surface area contributed by atoms with Crippen molar-refractivity contribution in [2.45, 2.75) is 12.8 Å². The van der Waals surface area contributed by atoms with Crippen LogP contribution in [0.25, 0.3) is 0 Å². The zero-order chi connectivity index (χ0) is 12.1. The molecule has 0 aromatic carbocycles. The third-order valence-corrected chi connectivity index (χ3v) is 3.12. The zero-order valence-electron chi connectivity index (χ0n) is 10.1. The van der Waals surface area contributed by atoms with Gasteiger partial charge in [-0.1, -0.05) is 0 Å². The number of aromatic nitrogens is 1. The molecule has 0 saturated carbocycles. The summed E-state index contributed by atoms with van der Waals surface area (Å²) in [6, 6.07) is 3.95. The van der Waals surface area contributed by atoms with Crippen molar-refractivity contribution in [3.63, 3.8) is 0 Å². The zero-order valence-corrected chi connectivity index (χ0v) is 10.1. The lowest BCUT2D eigenvalue weighted by Gasteiger charge is -2.28. The van der Waals surface area contributed by atoms with Crippen LogP contribution >= 0.6 is 0 Å². The van der Waals surface area contributed by atoms with Crippen LogP contribution in [0.4, 0.5) is 5.69 Å². The van der Waals surface area contributed by atoms with Crippen LogP contribution in [0, 0.1) is 17.2 Å². The molecule has 0 aliphatic carbocycles. The van der Waals surface area contributed by atoms with Gasteiger partial charge in [0.25, 0.3) is 0 Å². The van der Waals surface area contributed by atoms with Gasteiger partial charge in [-0.25, -0.2) is 0 Å². The third kappa shape index (κ3) is 2.95. The van der Waals surface area contributed by atoms with Gasteiger partial charge < -0.3 is 9.64 Å². The van der Waals surface area contributed by atoms with E-state index in [-0.39, 0.29) is 0 Å². The van der Waals surface area contributed by atoms with Gasteiger partial charge in [0.15, 0.2) is 0 Å². The summed E-state index contributed by atoms with van der Waals surface area (Å²) < 4.78 is 5.47. The number of rotatable bonds is 3. The molecule has 1 fully saturated rings. The van der Waals surface area contributed by atoms with Crippen molar-refractivity contribution in [3.05, 3.63) is 24.0 Å². The summed E-state index contributed by atoms with van der Waals surface area (Å²) in [5.41, 5.74) is 1.58. The smallest absolute Gasteiger partial charge is 0.101 e. The molecule has 0 spiro atoms. The van der Waals surface area contributed by atoms with E-state index in [9.17, 15) is 0 Å². The molecular weight excluding hydrogens is 214 g/mol. The molecule has 17 heavy (non-hydrogen) atoms. The molecular formula is C13H17N3O. The van der Waals surface area contributed by atoms with E-state index >= 15 is 0 Å². The molecule has 1 aliphatic heterocycles. The first-order valence-corrected chi connectivity index (χ1v) is 5.94. The average molecular weight is 231 g/mol. The van der Waals surface area contributed by atoms with Crippen molar-refractivity contribution in [3.8, 4) is 6.07 Å². The Kier molecular flexibility index (Phi) is 3.94. The second kappa shape index (κ2) is 5.65. The normalized spacial score (nSPS) is 19.6. The van der Waals surface area contributed by atoms with Gasteiger partial charge in [-0.15, -0.1) is 0 Å². The highest BCUT2D eigenvalue weighted by Crippen LogP contribution is 2.21. The molecule has 4 nitrogen and oxygen atoms in total. The Morgan fingerprint density at radius 1 is 1.65 bits per heavy atom. The minimum Gasteiger partial charge on any atom is -0.381 e. The number of ether oxygens (including phenoxy) is 1. The highest BCUT2D eigenvalue weighted by molar-refractivity contribution is 5.56. The van der Waals surface area contributed by atoms with Crippen LogP contribution in [-0.4, -0.2) is 31.8 Å². The first kappa shape index (κ1) is 11.9. The quantitative estimate of drug-likeness (QED) is 0.796. The molecule has 90 valence electrons. The summed E-state index contributed by atoms with van der Waals surface area (Å²) >= 11 is 0. The number of nitrogens with zero attached hydrogens (tertiary/aromatic N) is 3. The standard InChI is InChI=1S/C13H17N3O/c1-16(9-11-3-2-6-17-10-11)13-8-15-5-4-12(13)7-14/h4-5,8,11H,2-3,6,9-10H2,1H3. The minimum atomic E-state index is 0.556. The second-order valence-electron chi connectivity index (χ2n) is 4.47. The van der Waals surface area contributed by atoms with Crippen molar-refractivity contribution >= 4 is 5.69 Å². The number of pyridine rings is 1. The largest absolute Gasteiger partial charge is 0.381 e. The summed E-state index contributed by atoms with van der Waals surface area (Å²) in [6.07, 6.45) is 5.74. The van der Waals surface area contributed by atoms with Crippen LogP contribution in [-0.2, 0) is 4.74 Å². The topological polar surface area (TPSA) is 49.1 Å². The molecule has 1 aromatic rings. The van der Waals surface area contributed by atoms with E-state index in [1.165, 1.54) is 6.42 Å². The molecule has 0 radical (unpaired) electrons. The lowest BCUT2D eigenvalue weighted by molar-refractivity contribution is 0.0576. The Bertz CT molecular complexity index is 407. The number of anilines is 1. The summed E-state index contributed by atoms with van der Waals surface area (Å²) in [7, 11) is 2.01. The first-order chi connectivity index (χ1) is 8.31. The first-order valence-electron chi connectivity index (χ1n) is 5.94. The Morgan fingerprint density at radius 2 is 2.53 bits per heavy atom. The fourth-order valence-electron chi connectivity index (χ4n) is 2.22. The van der Waals surface area contributed by atoms with Crippen molar-refractivity contribution in [2.75, 3.05) is 31.7 Å². The van der Waals surface area contributed by atoms with Gasteiger partial charge in [0, 0.05) is 26.4 Å². The Labute approximate surface area is 102 Å². The number of hydrogen-bond donors (Lipinski definition) is 0. The van der Waals surface area contributed by atoms with Crippen molar-refractivity contribution < 1.29 is 4.74 Å². The van der Waals surface area contributed by atoms with Crippen LogP contribution < -0.4 is 4.90 Å². The van der Waals surface area contributed by atoms with E-state index in [1.54, 1.807) is 18.5 Å².